The van der Waals surface area contributed by atoms with Gasteiger partial charge in [0.1, 0.15) is 5.69 Å². The van der Waals surface area contributed by atoms with Gasteiger partial charge in [0.05, 0.1) is 6.04 Å². The predicted molar refractivity (Wildman–Crippen MR) is 98.5 cm³/mol. The van der Waals surface area contributed by atoms with Gasteiger partial charge in [-0.25, -0.2) is 0 Å². The fourth-order valence-electron chi connectivity index (χ4n) is 3.23. The maximum absolute atomic E-state index is 12.7. The van der Waals surface area contributed by atoms with E-state index >= 15 is 0 Å². The first-order valence-electron chi connectivity index (χ1n) is 8.99. The number of hydrogen-bond acceptors (Lipinski definition) is 3. The molecule has 2 N–H and O–H groups in total. The second-order valence-electron chi connectivity index (χ2n) is 6.57. The number of carbonyl (C=O) groups is 2. The van der Waals surface area contributed by atoms with Gasteiger partial charge in [0.15, 0.2) is 0 Å². The molecule has 1 aliphatic heterocycles. The minimum Gasteiger partial charge on any atom is -0.355 e. The summed E-state index contributed by atoms with van der Waals surface area (Å²) < 4.78 is 0. The van der Waals surface area contributed by atoms with Gasteiger partial charge in [-0.05, 0) is 25.5 Å². The number of nitrogens with zero attached hydrogens (tertiary/aromatic N) is 2. The van der Waals surface area contributed by atoms with E-state index in [0.717, 1.165) is 17.3 Å². The van der Waals surface area contributed by atoms with Gasteiger partial charge in [-0.15, -0.1) is 0 Å². The lowest BCUT2D eigenvalue weighted by Gasteiger charge is -2.37. The number of fused-ring (bicyclic) bond motifs is 1. The maximum Gasteiger partial charge on any atom is 0.270 e. The second-order valence-corrected chi connectivity index (χ2v) is 6.57. The van der Waals surface area contributed by atoms with Gasteiger partial charge in [-0.1, -0.05) is 25.1 Å². The van der Waals surface area contributed by atoms with Crippen molar-refractivity contribution in [3.63, 3.8) is 0 Å². The van der Waals surface area contributed by atoms with Crippen molar-refractivity contribution in [2.45, 2.75) is 26.3 Å². The minimum absolute atomic E-state index is 0.0268. The molecular formula is C19H26N4O2. The van der Waals surface area contributed by atoms with Crippen LogP contribution >= 0.6 is 0 Å². The first kappa shape index (κ1) is 17.5. The largest absolute Gasteiger partial charge is 0.355 e. The summed E-state index contributed by atoms with van der Waals surface area (Å²) in [6.07, 6.45) is 0.936. The van der Waals surface area contributed by atoms with Crippen LogP contribution in [0, 0.1) is 0 Å². The smallest absolute Gasteiger partial charge is 0.270 e. The third-order valence-corrected chi connectivity index (χ3v) is 4.84. The van der Waals surface area contributed by atoms with Crippen LogP contribution in [0.5, 0.6) is 0 Å². The van der Waals surface area contributed by atoms with E-state index in [1.54, 1.807) is 0 Å². The summed E-state index contributed by atoms with van der Waals surface area (Å²) in [5, 5.41) is 3.98. The number of para-hydroxylation sites is 1. The van der Waals surface area contributed by atoms with Gasteiger partial charge in [-0.2, -0.15) is 0 Å². The molecule has 1 aromatic heterocycles. The van der Waals surface area contributed by atoms with E-state index in [9.17, 15) is 9.59 Å². The molecule has 2 heterocycles. The average Bonchev–Trinajstić information content (AvgIpc) is 3.09. The van der Waals surface area contributed by atoms with Gasteiger partial charge in [0, 0.05) is 43.6 Å². The summed E-state index contributed by atoms with van der Waals surface area (Å²) in [6.45, 7) is 7.39. The number of rotatable bonds is 5. The summed E-state index contributed by atoms with van der Waals surface area (Å²) in [5.74, 6) is 0.0937. The molecule has 2 aromatic rings. The van der Waals surface area contributed by atoms with Crippen molar-refractivity contribution in [3.05, 3.63) is 36.0 Å². The Balaban J connectivity index is 1.58. The van der Waals surface area contributed by atoms with Crippen LogP contribution in [-0.2, 0) is 4.79 Å². The molecule has 25 heavy (non-hydrogen) atoms. The molecule has 0 bridgehead atoms. The standard InChI is InChI=1S/C19H26N4O2/c1-3-8-20-18(24)14(2)22-9-11-23(12-10-22)19(25)17-13-15-6-4-5-7-16(15)21-17/h4-7,13-14,21H,3,8-12H2,1-2H3,(H,20,24). The number of amides is 2. The first-order chi connectivity index (χ1) is 12.1. The van der Waals surface area contributed by atoms with Crippen LogP contribution in [0.25, 0.3) is 10.9 Å². The molecule has 6 nitrogen and oxygen atoms in total. The second kappa shape index (κ2) is 7.70. The molecule has 1 saturated heterocycles. The van der Waals surface area contributed by atoms with Gasteiger partial charge in [0.25, 0.3) is 5.91 Å². The van der Waals surface area contributed by atoms with E-state index in [1.165, 1.54) is 0 Å². The SMILES string of the molecule is CCCNC(=O)C(C)N1CCN(C(=O)c2cc3ccccc3[nH]2)CC1. The van der Waals surface area contributed by atoms with Crippen LogP contribution in [0.1, 0.15) is 30.8 Å². The number of aromatic nitrogens is 1. The zero-order valence-electron chi connectivity index (χ0n) is 14.9. The van der Waals surface area contributed by atoms with Crippen molar-refractivity contribution < 1.29 is 9.59 Å². The highest BCUT2D eigenvalue weighted by Crippen LogP contribution is 2.17. The van der Waals surface area contributed by atoms with E-state index in [-0.39, 0.29) is 17.9 Å². The van der Waals surface area contributed by atoms with Crippen LogP contribution in [0.15, 0.2) is 30.3 Å². The molecule has 1 aliphatic rings. The Bertz CT molecular complexity index is 714. The van der Waals surface area contributed by atoms with Crippen molar-refractivity contribution in [3.8, 4) is 0 Å². The van der Waals surface area contributed by atoms with Gasteiger partial charge >= 0.3 is 0 Å². The Kier molecular flexibility index (Phi) is 5.38. The van der Waals surface area contributed by atoms with Crippen molar-refractivity contribution in [2.75, 3.05) is 32.7 Å². The Hall–Kier alpha value is -2.34. The Morgan fingerprint density at radius 2 is 1.92 bits per heavy atom. The maximum atomic E-state index is 12.7. The normalized spacial score (nSPS) is 16.8. The summed E-state index contributed by atoms with van der Waals surface area (Å²) in [5.41, 5.74) is 1.61. The van der Waals surface area contributed by atoms with Gasteiger partial charge < -0.3 is 15.2 Å². The lowest BCUT2D eigenvalue weighted by Crippen LogP contribution is -2.55. The Morgan fingerprint density at radius 3 is 2.60 bits per heavy atom. The molecule has 0 spiro atoms. The number of aromatic amines is 1. The Labute approximate surface area is 148 Å². The zero-order chi connectivity index (χ0) is 17.8. The monoisotopic (exact) mass is 342 g/mol. The number of hydrogen-bond donors (Lipinski definition) is 2. The lowest BCUT2D eigenvalue weighted by atomic mass is 10.2. The van der Waals surface area contributed by atoms with Crippen molar-refractivity contribution in [1.29, 1.82) is 0 Å². The highest BCUT2D eigenvalue weighted by atomic mass is 16.2. The molecule has 3 rings (SSSR count). The molecule has 0 saturated carbocycles. The highest BCUT2D eigenvalue weighted by molar-refractivity contribution is 5.98. The van der Waals surface area contributed by atoms with Crippen molar-refractivity contribution >= 4 is 22.7 Å². The summed E-state index contributed by atoms with van der Waals surface area (Å²) in [4.78, 5) is 32.0. The number of benzene rings is 1. The fraction of sp³-hybridized carbons (Fsp3) is 0.474. The predicted octanol–water partition coefficient (Wildman–Crippen LogP) is 1.84. The average molecular weight is 342 g/mol. The van der Waals surface area contributed by atoms with Crippen molar-refractivity contribution in [1.82, 2.24) is 20.1 Å². The molecular weight excluding hydrogens is 316 g/mol. The van der Waals surface area contributed by atoms with Crippen LogP contribution in [0.2, 0.25) is 0 Å². The first-order valence-corrected chi connectivity index (χ1v) is 8.99. The quantitative estimate of drug-likeness (QED) is 0.871. The highest BCUT2D eigenvalue weighted by Gasteiger charge is 2.28. The van der Waals surface area contributed by atoms with Crippen molar-refractivity contribution in [2.24, 2.45) is 0 Å². The molecule has 1 atom stereocenters. The minimum atomic E-state index is -0.156. The van der Waals surface area contributed by atoms with Crippen LogP contribution in [0.3, 0.4) is 0 Å². The zero-order valence-corrected chi connectivity index (χ0v) is 14.9. The molecule has 0 radical (unpaired) electrons. The summed E-state index contributed by atoms with van der Waals surface area (Å²) in [7, 11) is 0. The number of carbonyl (C=O) groups excluding carboxylic acids is 2. The molecule has 1 aromatic carbocycles. The van der Waals surface area contributed by atoms with Gasteiger partial charge in [0.2, 0.25) is 5.91 Å². The lowest BCUT2D eigenvalue weighted by molar-refractivity contribution is -0.126. The topological polar surface area (TPSA) is 68.4 Å². The molecule has 0 aliphatic carbocycles. The molecule has 1 unspecified atom stereocenters. The van der Waals surface area contributed by atoms with Crippen LogP contribution in [-0.4, -0.2) is 65.4 Å². The summed E-state index contributed by atoms with van der Waals surface area (Å²) in [6, 6.07) is 9.64. The third-order valence-electron chi connectivity index (χ3n) is 4.84. The van der Waals surface area contributed by atoms with E-state index in [2.05, 4.69) is 15.2 Å². The summed E-state index contributed by atoms with van der Waals surface area (Å²) >= 11 is 0. The third kappa shape index (κ3) is 3.85. The fourth-order valence-corrected chi connectivity index (χ4v) is 3.23. The Morgan fingerprint density at radius 1 is 1.20 bits per heavy atom. The number of piperazine rings is 1. The van der Waals surface area contributed by atoms with E-state index in [0.29, 0.717) is 38.4 Å². The number of nitrogens with one attached hydrogen (secondary N) is 2. The number of H-pyrrole nitrogens is 1. The van der Waals surface area contributed by atoms with E-state index in [1.807, 2.05) is 49.1 Å². The molecule has 1 fully saturated rings. The molecule has 134 valence electrons. The van der Waals surface area contributed by atoms with E-state index < -0.39 is 0 Å². The molecule has 6 heteroatoms. The molecule has 2 amide bonds. The van der Waals surface area contributed by atoms with Crippen LogP contribution < -0.4 is 5.32 Å². The van der Waals surface area contributed by atoms with Crippen LogP contribution in [0.4, 0.5) is 0 Å². The van der Waals surface area contributed by atoms with E-state index in [4.69, 9.17) is 0 Å². The van der Waals surface area contributed by atoms with Gasteiger partial charge in [-0.3, -0.25) is 14.5 Å².